The monoisotopic (exact) mass is 187 g/mol. The van der Waals surface area contributed by atoms with Crippen LogP contribution < -0.4 is 4.74 Å². The van der Waals surface area contributed by atoms with Crippen molar-refractivity contribution < 1.29 is 4.74 Å². The predicted molar refractivity (Wildman–Crippen MR) is 51.8 cm³/mol. The number of nitrogens with zero attached hydrogens (tertiary/aromatic N) is 3. The number of hydrogen-bond donors (Lipinski definition) is 0. The lowest BCUT2D eigenvalue weighted by molar-refractivity contribution is 0.415. The molecular weight excluding hydrogens is 178 g/mol. The summed E-state index contributed by atoms with van der Waals surface area (Å²) in [4.78, 5) is 4.10. The van der Waals surface area contributed by atoms with E-state index in [1.807, 2.05) is 24.3 Å². The second-order valence-electron chi connectivity index (χ2n) is 2.70. The first kappa shape index (κ1) is 8.62. The van der Waals surface area contributed by atoms with Gasteiger partial charge >= 0.3 is 0 Å². The Kier molecular flexibility index (Phi) is 2.36. The number of hydrogen-bond acceptors (Lipinski definition) is 4. The van der Waals surface area contributed by atoms with Crippen molar-refractivity contribution in [3.63, 3.8) is 0 Å². The molecule has 0 saturated heterocycles. The molecule has 0 aliphatic heterocycles. The van der Waals surface area contributed by atoms with Gasteiger partial charge in [-0.25, -0.2) is 4.98 Å². The Balaban J connectivity index is 2.42. The number of methoxy groups -OCH3 is 1. The number of rotatable bonds is 2. The molecule has 0 unspecified atom stereocenters. The van der Waals surface area contributed by atoms with E-state index in [2.05, 4.69) is 15.2 Å². The lowest BCUT2D eigenvalue weighted by Gasteiger charge is -2.01. The van der Waals surface area contributed by atoms with Gasteiger partial charge in [-0.3, -0.25) is 0 Å². The van der Waals surface area contributed by atoms with E-state index in [1.54, 1.807) is 19.5 Å². The summed E-state index contributed by atoms with van der Waals surface area (Å²) in [6, 6.07) is 7.56. The number of aromatic nitrogens is 3. The van der Waals surface area contributed by atoms with Crippen LogP contribution in [0.5, 0.6) is 5.75 Å². The summed E-state index contributed by atoms with van der Waals surface area (Å²) < 4.78 is 5.10. The van der Waals surface area contributed by atoms with Gasteiger partial charge in [-0.05, 0) is 12.1 Å². The largest absolute Gasteiger partial charge is 0.497 e. The second-order valence-corrected chi connectivity index (χ2v) is 2.70. The Morgan fingerprint density at radius 2 is 2.14 bits per heavy atom. The van der Waals surface area contributed by atoms with Crippen LogP contribution in [0.1, 0.15) is 0 Å². The van der Waals surface area contributed by atoms with E-state index in [1.165, 1.54) is 0 Å². The van der Waals surface area contributed by atoms with Gasteiger partial charge in [0, 0.05) is 11.8 Å². The molecule has 2 aromatic rings. The number of benzene rings is 1. The van der Waals surface area contributed by atoms with Crippen LogP contribution in [0.15, 0.2) is 36.7 Å². The first-order chi connectivity index (χ1) is 6.90. The van der Waals surface area contributed by atoms with Gasteiger partial charge in [0.25, 0.3) is 0 Å². The Morgan fingerprint density at radius 1 is 1.21 bits per heavy atom. The molecule has 0 radical (unpaired) electrons. The van der Waals surface area contributed by atoms with E-state index in [-0.39, 0.29) is 0 Å². The van der Waals surface area contributed by atoms with Crippen LogP contribution in [0.4, 0.5) is 0 Å². The Bertz CT molecular complexity index is 417. The highest BCUT2D eigenvalue weighted by Gasteiger charge is 2.01. The maximum Gasteiger partial charge on any atom is 0.181 e. The van der Waals surface area contributed by atoms with Gasteiger partial charge in [-0.2, -0.15) is 5.10 Å². The Labute approximate surface area is 81.6 Å². The average molecular weight is 187 g/mol. The minimum Gasteiger partial charge on any atom is -0.497 e. The zero-order valence-corrected chi connectivity index (χ0v) is 7.71. The van der Waals surface area contributed by atoms with Crippen molar-refractivity contribution in [1.29, 1.82) is 0 Å². The summed E-state index contributed by atoms with van der Waals surface area (Å²) in [6.07, 6.45) is 3.16. The molecule has 0 spiro atoms. The highest BCUT2D eigenvalue weighted by Crippen LogP contribution is 2.19. The van der Waals surface area contributed by atoms with Crippen LogP contribution in [-0.2, 0) is 0 Å². The molecule has 70 valence electrons. The fourth-order valence-electron chi connectivity index (χ4n) is 1.14. The van der Waals surface area contributed by atoms with E-state index in [0.29, 0.717) is 5.82 Å². The van der Waals surface area contributed by atoms with Crippen molar-refractivity contribution in [3.8, 4) is 17.1 Å². The van der Waals surface area contributed by atoms with Gasteiger partial charge in [0.15, 0.2) is 5.82 Å². The van der Waals surface area contributed by atoms with Crippen LogP contribution in [0.2, 0.25) is 0 Å². The molecule has 1 heterocycles. The van der Waals surface area contributed by atoms with Crippen molar-refractivity contribution in [2.45, 2.75) is 0 Å². The second kappa shape index (κ2) is 3.83. The van der Waals surface area contributed by atoms with Crippen LogP contribution in [0.3, 0.4) is 0 Å². The lowest BCUT2D eigenvalue weighted by atomic mass is 10.2. The van der Waals surface area contributed by atoms with E-state index in [0.717, 1.165) is 11.3 Å². The Morgan fingerprint density at radius 3 is 2.86 bits per heavy atom. The first-order valence-corrected chi connectivity index (χ1v) is 4.18. The number of ether oxygens (including phenoxy) is 1. The van der Waals surface area contributed by atoms with Gasteiger partial charge in [-0.15, -0.1) is 5.10 Å². The van der Waals surface area contributed by atoms with Crippen LogP contribution >= 0.6 is 0 Å². The standard InChI is InChI=1S/C10H9N3O/c1-14-9-4-2-3-8(7-9)10-11-5-6-12-13-10/h2-7H,1H3. The van der Waals surface area contributed by atoms with Crippen LogP contribution in [0.25, 0.3) is 11.4 Å². The molecule has 0 amide bonds. The molecule has 1 aromatic carbocycles. The summed E-state index contributed by atoms with van der Waals surface area (Å²) in [5.74, 6) is 1.39. The summed E-state index contributed by atoms with van der Waals surface area (Å²) in [5.41, 5.74) is 0.900. The molecule has 0 N–H and O–H groups in total. The molecule has 0 fully saturated rings. The molecule has 1 aromatic heterocycles. The average Bonchev–Trinajstić information content (AvgIpc) is 2.30. The summed E-state index contributed by atoms with van der Waals surface area (Å²) in [7, 11) is 1.63. The quantitative estimate of drug-likeness (QED) is 0.715. The van der Waals surface area contributed by atoms with E-state index >= 15 is 0 Å². The first-order valence-electron chi connectivity index (χ1n) is 4.18. The third-order valence-corrected chi connectivity index (χ3v) is 1.81. The van der Waals surface area contributed by atoms with Gasteiger partial charge in [0.1, 0.15) is 5.75 Å². The van der Waals surface area contributed by atoms with Crippen molar-refractivity contribution >= 4 is 0 Å². The SMILES string of the molecule is COc1cccc(-c2nccnn2)c1. The van der Waals surface area contributed by atoms with Crippen molar-refractivity contribution in [2.24, 2.45) is 0 Å². The van der Waals surface area contributed by atoms with Crippen molar-refractivity contribution in [2.75, 3.05) is 7.11 Å². The summed E-state index contributed by atoms with van der Waals surface area (Å²) >= 11 is 0. The molecule has 0 atom stereocenters. The van der Waals surface area contributed by atoms with Crippen molar-refractivity contribution in [1.82, 2.24) is 15.2 Å². The fraction of sp³-hybridized carbons (Fsp3) is 0.100. The maximum absolute atomic E-state index is 5.10. The van der Waals surface area contributed by atoms with Crippen molar-refractivity contribution in [3.05, 3.63) is 36.7 Å². The summed E-state index contributed by atoms with van der Waals surface area (Å²) in [5, 5.41) is 7.67. The minimum absolute atomic E-state index is 0.603. The third kappa shape index (κ3) is 1.69. The van der Waals surface area contributed by atoms with E-state index in [4.69, 9.17) is 4.74 Å². The van der Waals surface area contributed by atoms with Crippen LogP contribution in [-0.4, -0.2) is 22.3 Å². The lowest BCUT2D eigenvalue weighted by Crippen LogP contribution is -1.90. The van der Waals surface area contributed by atoms with E-state index in [9.17, 15) is 0 Å². The highest BCUT2D eigenvalue weighted by molar-refractivity contribution is 5.56. The molecule has 0 aliphatic rings. The fourth-order valence-corrected chi connectivity index (χ4v) is 1.14. The molecule has 0 bridgehead atoms. The zero-order valence-electron chi connectivity index (χ0n) is 7.71. The molecular formula is C10H9N3O. The predicted octanol–water partition coefficient (Wildman–Crippen LogP) is 1.55. The van der Waals surface area contributed by atoms with Gasteiger partial charge in [0.05, 0.1) is 13.3 Å². The smallest absolute Gasteiger partial charge is 0.181 e. The molecule has 4 nitrogen and oxygen atoms in total. The molecule has 4 heteroatoms. The normalized spacial score (nSPS) is 9.79. The topological polar surface area (TPSA) is 47.9 Å². The zero-order chi connectivity index (χ0) is 9.80. The van der Waals surface area contributed by atoms with Gasteiger partial charge in [0.2, 0.25) is 0 Å². The molecule has 2 rings (SSSR count). The molecule has 0 saturated carbocycles. The molecule has 14 heavy (non-hydrogen) atoms. The summed E-state index contributed by atoms with van der Waals surface area (Å²) in [6.45, 7) is 0. The molecule has 0 aliphatic carbocycles. The highest BCUT2D eigenvalue weighted by atomic mass is 16.5. The minimum atomic E-state index is 0.603. The Hall–Kier alpha value is -1.97. The third-order valence-electron chi connectivity index (χ3n) is 1.81. The van der Waals surface area contributed by atoms with Crippen LogP contribution in [0, 0.1) is 0 Å². The van der Waals surface area contributed by atoms with Gasteiger partial charge in [-0.1, -0.05) is 12.1 Å². The maximum atomic E-state index is 5.10. The van der Waals surface area contributed by atoms with E-state index < -0.39 is 0 Å². The van der Waals surface area contributed by atoms with Gasteiger partial charge < -0.3 is 4.74 Å².